The second-order valence-electron chi connectivity index (χ2n) is 5.86. The van der Waals surface area contributed by atoms with E-state index in [-0.39, 0.29) is 0 Å². The van der Waals surface area contributed by atoms with E-state index in [4.69, 9.17) is 16.3 Å². The predicted molar refractivity (Wildman–Crippen MR) is 89.7 cm³/mol. The zero-order valence-electron chi connectivity index (χ0n) is 12.8. The Hall–Kier alpha value is -1.58. The molecule has 0 bridgehead atoms. The third-order valence-corrected chi connectivity index (χ3v) is 4.41. The highest BCUT2D eigenvalue weighted by Crippen LogP contribution is 2.21. The van der Waals surface area contributed by atoms with Crippen molar-refractivity contribution in [3.8, 4) is 5.75 Å². The third-order valence-electron chi connectivity index (χ3n) is 4.07. The number of pyridine rings is 1. The lowest BCUT2D eigenvalue weighted by atomic mass is 10.0. The van der Waals surface area contributed by atoms with Gasteiger partial charge in [0.15, 0.2) is 0 Å². The standard InChI is InChI=1S/C18H21ClN2O/c1-13-2-4-14(5-3-13)6-7-15-10-17(11-21-18(15)19)22-12-16-8-9-20-16/h2-5,10-11,16,20H,6-9,12H2,1H3. The first-order chi connectivity index (χ1) is 10.7. The fourth-order valence-electron chi connectivity index (χ4n) is 2.45. The maximum atomic E-state index is 6.21. The minimum absolute atomic E-state index is 0.478. The largest absolute Gasteiger partial charge is 0.490 e. The summed E-state index contributed by atoms with van der Waals surface area (Å²) in [5, 5.41) is 3.89. The number of nitrogens with zero attached hydrogens (tertiary/aromatic N) is 1. The average Bonchev–Trinajstić information content (AvgIpc) is 2.47. The fourth-order valence-corrected chi connectivity index (χ4v) is 2.65. The first-order valence-electron chi connectivity index (χ1n) is 7.77. The second kappa shape index (κ2) is 7.12. The van der Waals surface area contributed by atoms with E-state index in [1.54, 1.807) is 6.20 Å². The van der Waals surface area contributed by atoms with Crippen LogP contribution in [0.5, 0.6) is 5.75 Å². The molecule has 1 saturated heterocycles. The van der Waals surface area contributed by atoms with Crippen molar-refractivity contribution in [2.75, 3.05) is 13.2 Å². The molecule has 0 aliphatic carbocycles. The van der Waals surface area contributed by atoms with Gasteiger partial charge in [0.25, 0.3) is 0 Å². The summed E-state index contributed by atoms with van der Waals surface area (Å²) in [6.07, 6.45) is 4.71. The number of hydrogen-bond donors (Lipinski definition) is 1. The molecule has 1 unspecified atom stereocenters. The summed E-state index contributed by atoms with van der Waals surface area (Å²) in [6.45, 7) is 3.89. The first kappa shape index (κ1) is 15.3. The molecule has 2 heterocycles. The molecular formula is C18H21ClN2O. The second-order valence-corrected chi connectivity index (χ2v) is 6.22. The highest BCUT2D eigenvalue weighted by atomic mass is 35.5. The molecule has 3 rings (SSSR count). The van der Waals surface area contributed by atoms with Gasteiger partial charge in [-0.25, -0.2) is 4.98 Å². The Kier molecular flexibility index (Phi) is 4.96. The van der Waals surface area contributed by atoms with Crippen LogP contribution in [0.15, 0.2) is 36.5 Å². The Labute approximate surface area is 136 Å². The van der Waals surface area contributed by atoms with E-state index in [0.717, 1.165) is 30.7 Å². The number of aryl methyl sites for hydroxylation is 3. The molecule has 1 N–H and O–H groups in total. The Morgan fingerprint density at radius 2 is 2.05 bits per heavy atom. The van der Waals surface area contributed by atoms with Crippen LogP contribution in [0.3, 0.4) is 0 Å². The van der Waals surface area contributed by atoms with Crippen molar-refractivity contribution in [1.82, 2.24) is 10.3 Å². The summed E-state index contributed by atoms with van der Waals surface area (Å²) in [4.78, 5) is 4.25. The van der Waals surface area contributed by atoms with E-state index in [1.165, 1.54) is 17.5 Å². The van der Waals surface area contributed by atoms with Crippen molar-refractivity contribution in [2.24, 2.45) is 0 Å². The third kappa shape index (κ3) is 3.99. The van der Waals surface area contributed by atoms with E-state index in [9.17, 15) is 0 Å². The number of ether oxygens (including phenoxy) is 1. The van der Waals surface area contributed by atoms with Crippen LogP contribution in [0, 0.1) is 6.92 Å². The lowest BCUT2D eigenvalue weighted by Crippen LogP contribution is -2.46. The number of rotatable bonds is 6. The minimum atomic E-state index is 0.478. The van der Waals surface area contributed by atoms with Gasteiger partial charge < -0.3 is 10.1 Å². The van der Waals surface area contributed by atoms with Crippen LogP contribution in [0.25, 0.3) is 0 Å². The molecule has 2 aromatic rings. The molecule has 22 heavy (non-hydrogen) atoms. The molecule has 0 saturated carbocycles. The highest BCUT2D eigenvalue weighted by Gasteiger charge is 2.17. The summed E-state index contributed by atoms with van der Waals surface area (Å²) in [5.74, 6) is 0.803. The maximum absolute atomic E-state index is 6.21. The van der Waals surface area contributed by atoms with E-state index in [2.05, 4.69) is 41.5 Å². The molecule has 4 heteroatoms. The highest BCUT2D eigenvalue weighted by molar-refractivity contribution is 6.30. The quantitative estimate of drug-likeness (QED) is 0.827. The summed E-state index contributed by atoms with van der Waals surface area (Å²) in [7, 11) is 0. The molecular weight excluding hydrogens is 296 g/mol. The topological polar surface area (TPSA) is 34.1 Å². The molecule has 1 fully saturated rings. The van der Waals surface area contributed by atoms with Crippen molar-refractivity contribution in [2.45, 2.75) is 32.2 Å². The van der Waals surface area contributed by atoms with Crippen molar-refractivity contribution >= 4 is 11.6 Å². The number of hydrogen-bond acceptors (Lipinski definition) is 3. The van der Waals surface area contributed by atoms with Crippen molar-refractivity contribution in [3.63, 3.8) is 0 Å². The van der Waals surface area contributed by atoms with E-state index >= 15 is 0 Å². The molecule has 1 aliphatic heterocycles. The van der Waals surface area contributed by atoms with E-state index in [1.807, 2.05) is 6.07 Å². The van der Waals surface area contributed by atoms with Gasteiger partial charge >= 0.3 is 0 Å². The Morgan fingerprint density at radius 3 is 2.73 bits per heavy atom. The van der Waals surface area contributed by atoms with Gasteiger partial charge in [0, 0.05) is 6.04 Å². The molecule has 116 valence electrons. The van der Waals surface area contributed by atoms with Crippen LogP contribution in [0.2, 0.25) is 5.15 Å². The molecule has 1 atom stereocenters. The van der Waals surface area contributed by atoms with Crippen molar-refractivity contribution in [1.29, 1.82) is 0 Å². The summed E-state index contributed by atoms with van der Waals surface area (Å²) in [5.41, 5.74) is 3.64. The number of nitrogens with one attached hydrogen (secondary N) is 1. The average molecular weight is 317 g/mol. The normalized spacial score (nSPS) is 17.1. The Morgan fingerprint density at radius 1 is 1.27 bits per heavy atom. The summed E-state index contributed by atoms with van der Waals surface area (Å²) < 4.78 is 5.79. The maximum Gasteiger partial charge on any atom is 0.138 e. The molecule has 0 radical (unpaired) electrons. The van der Waals surface area contributed by atoms with Crippen LogP contribution >= 0.6 is 11.6 Å². The number of aromatic nitrogens is 1. The van der Waals surface area contributed by atoms with Crippen LogP contribution in [0.1, 0.15) is 23.1 Å². The van der Waals surface area contributed by atoms with Gasteiger partial charge in [0.2, 0.25) is 0 Å². The van der Waals surface area contributed by atoms with Gasteiger partial charge in [-0.3, -0.25) is 0 Å². The van der Waals surface area contributed by atoms with Gasteiger partial charge in [0.05, 0.1) is 6.20 Å². The zero-order chi connectivity index (χ0) is 15.4. The first-order valence-corrected chi connectivity index (χ1v) is 8.14. The molecule has 1 aromatic heterocycles. The van der Waals surface area contributed by atoms with Crippen LogP contribution in [0.4, 0.5) is 0 Å². The lowest BCUT2D eigenvalue weighted by Gasteiger charge is -2.27. The van der Waals surface area contributed by atoms with Crippen LogP contribution < -0.4 is 10.1 Å². The van der Waals surface area contributed by atoms with E-state index in [0.29, 0.717) is 17.8 Å². The van der Waals surface area contributed by atoms with Gasteiger partial charge in [-0.2, -0.15) is 0 Å². The molecule has 1 aromatic carbocycles. The van der Waals surface area contributed by atoms with E-state index < -0.39 is 0 Å². The fraction of sp³-hybridized carbons (Fsp3) is 0.389. The number of benzene rings is 1. The minimum Gasteiger partial charge on any atom is -0.490 e. The van der Waals surface area contributed by atoms with Crippen LogP contribution in [-0.4, -0.2) is 24.2 Å². The van der Waals surface area contributed by atoms with Gasteiger partial charge in [-0.1, -0.05) is 41.4 Å². The molecule has 1 aliphatic rings. The Bertz CT molecular complexity index is 623. The summed E-state index contributed by atoms with van der Waals surface area (Å²) >= 11 is 6.21. The van der Waals surface area contributed by atoms with Crippen LogP contribution in [-0.2, 0) is 12.8 Å². The van der Waals surface area contributed by atoms with Crippen molar-refractivity contribution in [3.05, 3.63) is 58.4 Å². The SMILES string of the molecule is Cc1ccc(CCc2cc(OCC3CCN3)cnc2Cl)cc1. The zero-order valence-corrected chi connectivity index (χ0v) is 13.6. The predicted octanol–water partition coefficient (Wildman–Crippen LogP) is 3.57. The molecule has 0 amide bonds. The molecule has 0 spiro atoms. The van der Waals surface area contributed by atoms with Gasteiger partial charge in [-0.05, 0) is 49.9 Å². The van der Waals surface area contributed by atoms with Gasteiger partial charge in [0.1, 0.15) is 17.5 Å². The lowest BCUT2D eigenvalue weighted by molar-refractivity contribution is 0.217. The monoisotopic (exact) mass is 316 g/mol. The number of halogens is 1. The molecule has 3 nitrogen and oxygen atoms in total. The smallest absolute Gasteiger partial charge is 0.138 e. The van der Waals surface area contributed by atoms with Gasteiger partial charge in [-0.15, -0.1) is 0 Å². The Balaban J connectivity index is 1.60. The van der Waals surface area contributed by atoms with Crippen molar-refractivity contribution < 1.29 is 4.74 Å². The summed E-state index contributed by atoms with van der Waals surface area (Å²) in [6, 6.07) is 11.1.